The number of methoxy groups -OCH3 is 1. The minimum absolute atomic E-state index is 0.269. The molecule has 0 unspecified atom stereocenters. The summed E-state index contributed by atoms with van der Waals surface area (Å²) < 4.78 is 10.5. The predicted molar refractivity (Wildman–Crippen MR) is 87.8 cm³/mol. The molecule has 0 N–H and O–H groups in total. The first-order valence-corrected chi connectivity index (χ1v) is 8.33. The van der Waals surface area contributed by atoms with Crippen molar-refractivity contribution in [2.24, 2.45) is 0 Å². The van der Waals surface area contributed by atoms with E-state index < -0.39 is 0 Å². The highest BCUT2D eigenvalue weighted by Gasteiger charge is 2.13. The fraction of sp³-hybridized carbons (Fsp3) is 0.278. The number of benzene rings is 2. The molecule has 0 aliphatic heterocycles. The summed E-state index contributed by atoms with van der Waals surface area (Å²) in [5.74, 6) is 1.05. The summed E-state index contributed by atoms with van der Waals surface area (Å²) in [7, 11) is 1.56. The molecule has 1 aliphatic rings. The molecule has 114 valence electrons. The smallest absolute Gasteiger partial charge is 0.321 e. The number of para-hydroxylation sites is 2. The molecular weight excluding hydrogens is 296 g/mol. The molecule has 0 saturated heterocycles. The maximum Gasteiger partial charge on any atom is 0.321 e. The molecule has 0 spiro atoms. The van der Waals surface area contributed by atoms with Gasteiger partial charge < -0.3 is 9.47 Å². The summed E-state index contributed by atoms with van der Waals surface area (Å²) in [5.41, 5.74) is 2.86. The van der Waals surface area contributed by atoms with Crippen molar-refractivity contribution < 1.29 is 14.3 Å². The lowest BCUT2D eigenvalue weighted by Crippen LogP contribution is -2.11. The number of hydrogen-bond donors (Lipinski definition) is 0. The molecule has 0 bridgehead atoms. The fourth-order valence-corrected chi connectivity index (χ4v) is 3.37. The van der Waals surface area contributed by atoms with E-state index in [4.69, 9.17) is 9.47 Å². The number of fused-ring (bicyclic) bond motifs is 1. The minimum atomic E-state index is -0.269. The van der Waals surface area contributed by atoms with Crippen molar-refractivity contribution in [1.29, 1.82) is 0 Å². The lowest BCUT2D eigenvalue weighted by atomic mass is 10.1. The van der Waals surface area contributed by atoms with Gasteiger partial charge in [-0.25, -0.2) is 0 Å². The maximum absolute atomic E-state index is 12.0. The van der Waals surface area contributed by atoms with Crippen molar-refractivity contribution >= 4 is 17.7 Å². The lowest BCUT2D eigenvalue weighted by Gasteiger charge is -2.09. The van der Waals surface area contributed by atoms with Crippen LogP contribution in [0, 0.1) is 0 Å². The fourth-order valence-electron chi connectivity index (χ4n) is 2.64. The Kier molecular flexibility index (Phi) is 4.68. The third kappa shape index (κ3) is 3.45. The second kappa shape index (κ2) is 6.88. The summed E-state index contributed by atoms with van der Waals surface area (Å²) in [6.45, 7) is 0. The van der Waals surface area contributed by atoms with Crippen LogP contribution in [0.1, 0.15) is 17.5 Å². The molecule has 0 radical (unpaired) electrons. The van der Waals surface area contributed by atoms with E-state index in [1.165, 1.54) is 35.7 Å². The molecule has 0 aromatic heterocycles. The Balaban J connectivity index is 1.58. The van der Waals surface area contributed by atoms with Gasteiger partial charge in [-0.3, -0.25) is 4.79 Å². The molecule has 3 nitrogen and oxygen atoms in total. The van der Waals surface area contributed by atoms with E-state index in [1.54, 1.807) is 19.2 Å². The van der Waals surface area contributed by atoms with E-state index in [0.717, 1.165) is 11.3 Å². The first-order valence-electron chi connectivity index (χ1n) is 7.34. The van der Waals surface area contributed by atoms with Crippen LogP contribution in [0.4, 0.5) is 0 Å². The number of rotatable bonds is 5. The van der Waals surface area contributed by atoms with Crippen LogP contribution in [-0.4, -0.2) is 18.8 Å². The molecule has 2 aromatic rings. The topological polar surface area (TPSA) is 35.5 Å². The van der Waals surface area contributed by atoms with Gasteiger partial charge in [-0.05, 0) is 54.7 Å². The van der Waals surface area contributed by atoms with Crippen LogP contribution >= 0.6 is 11.8 Å². The summed E-state index contributed by atoms with van der Waals surface area (Å²) in [6, 6.07) is 13.6. The Morgan fingerprint density at radius 3 is 2.68 bits per heavy atom. The van der Waals surface area contributed by atoms with Crippen LogP contribution in [-0.2, 0) is 17.6 Å². The zero-order valence-electron chi connectivity index (χ0n) is 12.5. The Hall–Kier alpha value is -1.94. The molecule has 0 heterocycles. The van der Waals surface area contributed by atoms with Gasteiger partial charge >= 0.3 is 5.97 Å². The van der Waals surface area contributed by atoms with Crippen molar-refractivity contribution in [1.82, 2.24) is 0 Å². The summed E-state index contributed by atoms with van der Waals surface area (Å²) in [4.78, 5) is 13.1. The van der Waals surface area contributed by atoms with Crippen LogP contribution in [0.5, 0.6) is 11.5 Å². The van der Waals surface area contributed by atoms with Gasteiger partial charge in [0.25, 0.3) is 0 Å². The third-order valence-electron chi connectivity index (χ3n) is 3.72. The average molecular weight is 314 g/mol. The molecule has 2 aromatic carbocycles. The van der Waals surface area contributed by atoms with Gasteiger partial charge in [0.05, 0.1) is 12.9 Å². The van der Waals surface area contributed by atoms with Crippen molar-refractivity contribution in [2.45, 2.75) is 24.2 Å². The van der Waals surface area contributed by atoms with Crippen LogP contribution in [0.3, 0.4) is 0 Å². The standard InChI is InChI=1S/C18H18O3S/c1-20-16-7-2-3-8-17(16)21-18(19)12-22-15-10-9-13-5-4-6-14(13)11-15/h2-3,7-11H,4-6,12H2,1H3. The minimum Gasteiger partial charge on any atom is -0.493 e. The van der Waals surface area contributed by atoms with E-state index in [1.807, 2.05) is 12.1 Å². The first-order chi connectivity index (χ1) is 10.8. The molecule has 0 saturated carbocycles. The van der Waals surface area contributed by atoms with E-state index >= 15 is 0 Å². The summed E-state index contributed by atoms with van der Waals surface area (Å²) >= 11 is 1.51. The van der Waals surface area contributed by atoms with Crippen LogP contribution in [0.15, 0.2) is 47.4 Å². The molecule has 0 fully saturated rings. The molecule has 0 amide bonds. The van der Waals surface area contributed by atoms with Gasteiger partial charge in [0.1, 0.15) is 0 Å². The van der Waals surface area contributed by atoms with Gasteiger partial charge in [-0.1, -0.05) is 18.2 Å². The van der Waals surface area contributed by atoms with Gasteiger partial charge in [0, 0.05) is 4.90 Å². The number of aryl methyl sites for hydroxylation is 2. The summed E-state index contributed by atoms with van der Waals surface area (Å²) in [5, 5.41) is 0. The Labute approximate surface area is 134 Å². The zero-order chi connectivity index (χ0) is 15.4. The quantitative estimate of drug-likeness (QED) is 0.477. The van der Waals surface area contributed by atoms with Crippen molar-refractivity contribution in [3.05, 3.63) is 53.6 Å². The second-order valence-electron chi connectivity index (χ2n) is 5.20. The van der Waals surface area contributed by atoms with Crippen LogP contribution in [0.2, 0.25) is 0 Å². The van der Waals surface area contributed by atoms with Gasteiger partial charge in [-0.2, -0.15) is 0 Å². The highest BCUT2D eigenvalue weighted by atomic mass is 32.2. The van der Waals surface area contributed by atoms with Gasteiger partial charge in [0.15, 0.2) is 11.5 Å². The highest BCUT2D eigenvalue weighted by Crippen LogP contribution is 2.29. The number of carbonyl (C=O) groups is 1. The normalized spacial score (nSPS) is 12.8. The monoisotopic (exact) mass is 314 g/mol. The van der Waals surface area contributed by atoms with Crippen LogP contribution < -0.4 is 9.47 Å². The summed E-state index contributed by atoms with van der Waals surface area (Å²) in [6.07, 6.45) is 3.56. The number of hydrogen-bond acceptors (Lipinski definition) is 4. The van der Waals surface area contributed by atoms with E-state index in [9.17, 15) is 4.79 Å². The number of thioether (sulfide) groups is 1. The largest absolute Gasteiger partial charge is 0.493 e. The Morgan fingerprint density at radius 1 is 1.09 bits per heavy atom. The number of carbonyl (C=O) groups excluding carboxylic acids is 1. The van der Waals surface area contributed by atoms with Gasteiger partial charge in [-0.15, -0.1) is 11.8 Å². The zero-order valence-corrected chi connectivity index (χ0v) is 13.3. The first kappa shape index (κ1) is 15.0. The average Bonchev–Trinajstić information content (AvgIpc) is 3.01. The molecule has 1 aliphatic carbocycles. The van der Waals surface area contributed by atoms with E-state index in [0.29, 0.717) is 11.5 Å². The maximum atomic E-state index is 12.0. The van der Waals surface area contributed by atoms with Crippen molar-refractivity contribution in [3.63, 3.8) is 0 Å². The Morgan fingerprint density at radius 2 is 1.86 bits per heavy atom. The van der Waals surface area contributed by atoms with Crippen LogP contribution in [0.25, 0.3) is 0 Å². The second-order valence-corrected chi connectivity index (χ2v) is 6.25. The molecule has 22 heavy (non-hydrogen) atoms. The molecular formula is C18H18O3S. The van der Waals surface area contributed by atoms with Gasteiger partial charge in [0.2, 0.25) is 0 Å². The third-order valence-corrected chi connectivity index (χ3v) is 4.69. The SMILES string of the molecule is COc1ccccc1OC(=O)CSc1ccc2c(c1)CCC2. The van der Waals surface area contributed by atoms with Crippen molar-refractivity contribution in [3.8, 4) is 11.5 Å². The Bertz CT molecular complexity index is 682. The van der Waals surface area contributed by atoms with E-state index in [-0.39, 0.29) is 11.7 Å². The molecule has 0 atom stereocenters. The number of esters is 1. The number of ether oxygens (including phenoxy) is 2. The lowest BCUT2D eigenvalue weighted by molar-refractivity contribution is -0.131. The van der Waals surface area contributed by atoms with Crippen molar-refractivity contribution in [2.75, 3.05) is 12.9 Å². The molecule has 4 heteroatoms. The highest BCUT2D eigenvalue weighted by molar-refractivity contribution is 8.00. The predicted octanol–water partition coefficient (Wildman–Crippen LogP) is 3.88. The van der Waals surface area contributed by atoms with E-state index in [2.05, 4.69) is 18.2 Å². The molecule has 3 rings (SSSR count).